The van der Waals surface area contributed by atoms with Crippen LogP contribution in [0.25, 0.3) is 10.9 Å². The molecule has 2 aliphatic heterocycles. The number of amides is 3. The summed E-state index contributed by atoms with van der Waals surface area (Å²) in [7, 11) is 3.24. The Morgan fingerprint density at radius 3 is 2.53 bits per heavy atom. The van der Waals surface area contributed by atoms with Gasteiger partial charge in [0.25, 0.3) is 0 Å². The topological polar surface area (TPSA) is 129 Å². The van der Waals surface area contributed by atoms with Crippen molar-refractivity contribution in [3.05, 3.63) is 48.3 Å². The van der Waals surface area contributed by atoms with Gasteiger partial charge in [0, 0.05) is 30.2 Å². The molecule has 3 atom stereocenters. The van der Waals surface area contributed by atoms with Crippen molar-refractivity contribution in [3.8, 4) is 5.75 Å². The molecule has 1 aromatic heterocycles. The van der Waals surface area contributed by atoms with Crippen molar-refractivity contribution in [1.29, 1.82) is 0 Å². The van der Waals surface area contributed by atoms with Gasteiger partial charge in [-0.2, -0.15) is 0 Å². The smallest absolute Gasteiger partial charge is 0.247 e. The molecule has 12 heteroatoms. The summed E-state index contributed by atoms with van der Waals surface area (Å²) >= 11 is 0. The van der Waals surface area contributed by atoms with Gasteiger partial charge in [0.05, 0.1) is 24.4 Å². The predicted octanol–water partition coefficient (Wildman–Crippen LogP) is 4.21. The van der Waals surface area contributed by atoms with Gasteiger partial charge in [0.2, 0.25) is 17.7 Å². The summed E-state index contributed by atoms with van der Waals surface area (Å²) < 4.78 is 5.67. The number of aryl methyl sites for hydroxylation is 1. The molecule has 3 heterocycles. The average Bonchev–Trinajstić information content (AvgIpc) is 3.52. The minimum atomic E-state index is -0.790. The maximum atomic E-state index is 13.9. The summed E-state index contributed by atoms with van der Waals surface area (Å²) in [6.07, 6.45) is 4.76. The molecule has 242 valence electrons. The van der Waals surface area contributed by atoms with Crippen LogP contribution in [0.3, 0.4) is 0 Å². The van der Waals surface area contributed by atoms with Gasteiger partial charge in [-0.1, -0.05) is 39.0 Å². The van der Waals surface area contributed by atoms with Gasteiger partial charge >= 0.3 is 0 Å². The zero-order chi connectivity index (χ0) is 31.6. The Balaban J connectivity index is 0.00000461. The fourth-order valence-electron chi connectivity index (χ4n) is 6.04. The van der Waals surface area contributed by atoms with Crippen molar-refractivity contribution >= 4 is 58.2 Å². The number of carbonyl (C=O) groups excluding carboxylic acids is 3. The summed E-state index contributed by atoms with van der Waals surface area (Å²) in [4.78, 5) is 53.4. The van der Waals surface area contributed by atoms with Crippen molar-refractivity contribution in [2.45, 2.75) is 71.5 Å². The number of methoxy groups -OCH3 is 1. The highest BCUT2D eigenvalue weighted by atomic mass is 35.5. The van der Waals surface area contributed by atoms with E-state index in [9.17, 15) is 14.4 Å². The molecule has 3 aromatic rings. The number of hydrogen-bond acceptors (Lipinski definition) is 8. The van der Waals surface area contributed by atoms with Crippen LogP contribution in [0.15, 0.2) is 42.7 Å². The molecule has 2 aliphatic rings. The molecule has 0 bridgehead atoms. The van der Waals surface area contributed by atoms with Crippen LogP contribution in [0.1, 0.15) is 52.5 Å². The van der Waals surface area contributed by atoms with Crippen LogP contribution in [-0.4, -0.2) is 78.0 Å². The molecule has 0 radical (unpaired) electrons. The van der Waals surface area contributed by atoms with E-state index in [2.05, 4.69) is 49.0 Å². The summed E-state index contributed by atoms with van der Waals surface area (Å²) in [5.74, 6) is 0.384. The number of fused-ring (bicyclic) bond motifs is 2. The van der Waals surface area contributed by atoms with E-state index in [-0.39, 0.29) is 30.1 Å². The number of rotatable bonds is 8. The van der Waals surface area contributed by atoms with Crippen molar-refractivity contribution in [2.75, 3.05) is 37.5 Å². The Hall–Kier alpha value is -3.96. The maximum absolute atomic E-state index is 13.9. The molecule has 1 saturated heterocycles. The van der Waals surface area contributed by atoms with E-state index in [0.29, 0.717) is 36.3 Å². The minimum Gasteiger partial charge on any atom is -0.494 e. The van der Waals surface area contributed by atoms with E-state index in [0.717, 1.165) is 36.3 Å². The van der Waals surface area contributed by atoms with Crippen molar-refractivity contribution in [1.82, 2.24) is 25.5 Å². The molecule has 11 nitrogen and oxygen atoms in total. The zero-order valence-corrected chi connectivity index (χ0v) is 27.7. The van der Waals surface area contributed by atoms with Gasteiger partial charge in [-0.15, -0.1) is 12.4 Å². The third-order valence-corrected chi connectivity index (χ3v) is 8.62. The van der Waals surface area contributed by atoms with Gasteiger partial charge in [-0.05, 0) is 62.8 Å². The number of anilines is 3. The molecular weight excluding hydrogens is 594 g/mol. The molecule has 0 saturated carbocycles. The van der Waals surface area contributed by atoms with Crippen LogP contribution < -0.4 is 25.6 Å². The maximum Gasteiger partial charge on any atom is 0.247 e. The Morgan fingerprint density at radius 2 is 1.82 bits per heavy atom. The quantitative estimate of drug-likeness (QED) is 0.335. The summed E-state index contributed by atoms with van der Waals surface area (Å²) in [5.41, 5.74) is 3.00. The highest BCUT2D eigenvalue weighted by Gasteiger charge is 2.42. The first-order chi connectivity index (χ1) is 21.0. The lowest BCUT2D eigenvalue weighted by molar-refractivity contribution is -0.143. The fourth-order valence-corrected chi connectivity index (χ4v) is 6.04. The number of likely N-dealkylation sites (N-methyl/N-ethyl adjacent to an activating group) is 1. The molecule has 3 unspecified atom stereocenters. The number of carbonyl (C=O) groups is 3. The molecule has 0 aliphatic carbocycles. The molecule has 5 rings (SSSR count). The van der Waals surface area contributed by atoms with Crippen molar-refractivity contribution in [2.24, 2.45) is 5.41 Å². The molecule has 1 fully saturated rings. The molecule has 3 N–H and O–H groups in total. The number of aromatic nitrogens is 2. The lowest BCUT2D eigenvalue weighted by atomic mass is 9.85. The molecule has 45 heavy (non-hydrogen) atoms. The van der Waals surface area contributed by atoms with Crippen LogP contribution in [-0.2, 0) is 20.8 Å². The monoisotopic (exact) mass is 637 g/mol. The highest BCUT2D eigenvalue weighted by molar-refractivity contribution is 6.03. The molecular formula is C33H44ClN7O4. The molecule has 2 aromatic carbocycles. The number of hydrogen-bond donors (Lipinski definition) is 3. The number of benzene rings is 2. The number of likely N-dealkylation sites (tertiary alicyclic amines) is 1. The average molecular weight is 638 g/mol. The van der Waals surface area contributed by atoms with E-state index in [4.69, 9.17) is 4.74 Å². The normalized spacial score (nSPS) is 17.6. The number of ether oxygens (including phenoxy) is 1. The third-order valence-electron chi connectivity index (χ3n) is 8.62. The lowest BCUT2D eigenvalue weighted by Gasteiger charge is -2.36. The van der Waals surface area contributed by atoms with Gasteiger partial charge < -0.3 is 30.5 Å². The number of nitrogens with zero attached hydrogens (tertiary/aromatic N) is 4. The predicted molar refractivity (Wildman–Crippen MR) is 178 cm³/mol. The van der Waals surface area contributed by atoms with E-state index in [1.807, 2.05) is 32.9 Å². The van der Waals surface area contributed by atoms with Gasteiger partial charge in [-0.3, -0.25) is 14.4 Å². The number of para-hydroxylation sites is 1. The summed E-state index contributed by atoms with van der Waals surface area (Å²) in [5, 5.41) is 9.66. The first kappa shape index (κ1) is 33.9. The van der Waals surface area contributed by atoms with E-state index < -0.39 is 23.5 Å². The van der Waals surface area contributed by atoms with E-state index in [1.54, 1.807) is 38.4 Å². The van der Waals surface area contributed by atoms with E-state index >= 15 is 0 Å². The highest BCUT2D eigenvalue weighted by Crippen LogP contribution is 2.39. The second-order valence-corrected chi connectivity index (χ2v) is 12.6. The fraction of sp³-hybridized carbons (Fsp3) is 0.485. The largest absolute Gasteiger partial charge is 0.494 e. The SMILES string of the molecule is CNC(C)C(=O)NC(C(=O)N1CCCC1C(=O)Nc1cc2c(N3CCCc4ccccc43)ncnc2cc1OC)C(C)(C)C.Cl. The van der Waals surface area contributed by atoms with Gasteiger partial charge in [0.1, 0.15) is 30.0 Å². The van der Waals surface area contributed by atoms with E-state index in [1.165, 1.54) is 5.56 Å². The Labute approximate surface area is 270 Å². The number of nitrogens with one attached hydrogen (secondary N) is 3. The van der Waals surface area contributed by atoms with Crippen molar-refractivity contribution in [3.63, 3.8) is 0 Å². The molecule has 3 amide bonds. The van der Waals surface area contributed by atoms with Crippen molar-refractivity contribution < 1.29 is 19.1 Å². The van der Waals surface area contributed by atoms with Crippen LogP contribution in [0.4, 0.5) is 17.2 Å². The molecule has 0 spiro atoms. The third kappa shape index (κ3) is 6.99. The Bertz CT molecular complexity index is 1560. The van der Waals surface area contributed by atoms with Crippen LogP contribution in [0.2, 0.25) is 0 Å². The summed E-state index contributed by atoms with van der Waals surface area (Å²) in [6.45, 7) is 8.71. The first-order valence-corrected chi connectivity index (χ1v) is 15.3. The van der Waals surface area contributed by atoms with Crippen LogP contribution in [0.5, 0.6) is 5.75 Å². The second kappa shape index (κ2) is 14.0. The number of halogens is 1. The Morgan fingerprint density at radius 1 is 1.07 bits per heavy atom. The standard InChI is InChI=1S/C33H43N7O4.ClH/c1-20(34-5)30(41)38-28(33(2,3)4)32(43)40-16-10-14-26(40)31(42)37-24-17-22-23(18-27(24)44-6)35-19-36-29(22)39-15-9-12-21-11-7-8-13-25(21)39;/h7-8,11,13,17-20,26,28,34H,9-10,12,14-16H2,1-6H3,(H,37,42)(H,38,41);1H. The van der Waals surface area contributed by atoms with Crippen LogP contribution in [0, 0.1) is 5.41 Å². The van der Waals surface area contributed by atoms with Gasteiger partial charge in [0.15, 0.2) is 0 Å². The Kier molecular flexibility index (Phi) is 10.5. The summed E-state index contributed by atoms with van der Waals surface area (Å²) in [6, 6.07) is 10.1. The minimum absolute atomic E-state index is 0. The van der Waals surface area contributed by atoms with Gasteiger partial charge in [-0.25, -0.2) is 9.97 Å². The lowest BCUT2D eigenvalue weighted by Crippen LogP contribution is -2.59. The van der Waals surface area contributed by atoms with Crippen LogP contribution >= 0.6 is 12.4 Å². The zero-order valence-electron chi connectivity index (χ0n) is 26.8. The second-order valence-electron chi connectivity index (χ2n) is 12.6. The first-order valence-electron chi connectivity index (χ1n) is 15.3.